The third-order valence-electron chi connectivity index (χ3n) is 3.58. The Kier molecular flexibility index (Phi) is 4.42. The van der Waals surface area contributed by atoms with E-state index in [1.165, 1.54) is 12.1 Å². The van der Waals surface area contributed by atoms with E-state index in [1.54, 1.807) is 0 Å². The van der Waals surface area contributed by atoms with Crippen LogP contribution in [-0.2, 0) is 6.18 Å². The van der Waals surface area contributed by atoms with E-state index < -0.39 is 17.6 Å². The van der Waals surface area contributed by atoms with Crippen LogP contribution in [0.2, 0.25) is 0 Å². The number of furan rings is 1. The molecular weight excluding hydrogens is 435 g/mol. The van der Waals surface area contributed by atoms with E-state index in [4.69, 9.17) is 4.42 Å². The van der Waals surface area contributed by atoms with Crippen molar-refractivity contribution in [2.24, 2.45) is 0 Å². The highest BCUT2D eigenvalue weighted by Gasteiger charge is 2.30. The topological polar surface area (TPSA) is 13.1 Å². The number of rotatable bonds is 2. The summed E-state index contributed by atoms with van der Waals surface area (Å²) in [6.07, 6.45) is -4.43. The molecule has 0 saturated carbocycles. The first kappa shape index (κ1) is 17.0. The lowest BCUT2D eigenvalue weighted by Gasteiger charge is -2.06. The summed E-state index contributed by atoms with van der Waals surface area (Å²) in [5.74, 6) is -0.280. The van der Waals surface area contributed by atoms with Crippen molar-refractivity contribution in [1.29, 1.82) is 0 Å². The third-order valence-corrected chi connectivity index (χ3v) is 4.55. The maximum absolute atomic E-state index is 14.5. The lowest BCUT2D eigenvalue weighted by molar-refractivity contribution is -0.137. The van der Waals surface area contributed by atoms with Crippen molar-refractivity contribution in [3.05, 3.63) is 69.0 Å². The second kappa shape index (κ2) is 6.23. The molecule has 0 aliphatic heterocycles. The molecule has 0 unspecified atom stereocenters. The average molecular weight is 446 g/mol. The molecule has 3 aromatic rings. The number of alkyl halides is 3. The zero-order valence-electron chi connectivity index (χ0n) is 12.4. The van der Waals surface area contributed by atoms with E-state index in [2.05, 4.69) is 0 Å². The van der Waals surface area contributed by atoms with Crippen LogP contribution < -0.4 is 0 Å². The average Bonchev–Trinajstić information content (AvgIpc) is 2.84. The van der Waals surface area contributed by atoms with Gasteiger partial charge in [0.25, 0.3) is 0 Å². The van der Waals surface area contributed by atoms with Crippen molar-refractivity contribution in [2.75, 3.05) is 0 Å². The molecule has 6 heteroatoms. The summed E-state index contributed by atoms with van der Waals surface area (Å²) >= 11 is 1.84. The lowest BCUT2D eigenvalue weighted by Crippen LogP contribution is -2.03. The molecule has 2 aromatic carbocycles. The van der Waals surface area contributed by atoms with Gasteiger partial charge in [0.15, 0.2) is 17.3 Å². The molecule has 1 aromatic heterocycles. The maximum Gasteiger partial charge on any atom is 0.416 e. The largest absolute Gasteiger partial charge is 0.452 e. The first-order chi connectivity index (χ1) is 11.3. The van der Waals surface area contributed by atoms with Gasteiger partial charge in [0.05, 0.1) is 9.13 Å². The van der Waals surface area contributed by atoms with E-state index in [9.17, 15) is 17.6 Å². The molecule has 1 heterocycles. The Labute approximate surface area is 149 Å². The highest BCUT2D eigenvalue weighted by molar-refractivity contribution is 14.1. The van der Waals surface area contributed by atoms with Crippen LogP contribution in [0.4, 0.5) is 17.6 Å². The van der Waals surface area contributed by atoms with Crippen molar-refractivity contribution < 1.29 is 22.0 Å². The minimum Gasteiger partial charge on any atom is -0.452 e. The van der Waals surface area contributed by atoms with Gasteiger partial charge in [-0.15, -0.1) is 0 Å². The number of benzene rings is 2. The number of hydrogen-bond donors (Lipinski definition) is 0. The quantitative estimate of drug-likeness (QED) is 0.316. The summed E-state index contributed by atoms with van der Waals surface area (Å²) in [5, 5.41) is 0. The Morgan fingerprint density at radius 3 is 1.88 bits per heavy atom. The molecule has 124 valence electrons. The Morgan fingerprint density at radius 1 is 0.833 bits per heavy atom. The van der Waals surface area contributed by atoms with Gasteiger partial charge in [-0.2, -0.15) is 13.2 Å². The van der Waals surface area contributed by atoms with E-state index >= 15 is 0 Å². The molecule has 1 nitrogen and oxygen atoms in total. The van der Waals surface area contributed by atoms with Gasteiger partial charge in [0, 0.05) is 11.1 Å². The zero-order chi connectivity index (χ0) is 17.5. The number of halogens is 5. The molecule has 0 fully saturated rings. The summed E-state index contributed by atoms with van der Waals surface area (Å²) in [6, 6.07) is 11.6. The molecule has 0 atom stereocenters. The second-order valence-electron chi connectivity index (χ2n) is 5.33. The van der Waals surface area contributed by atoms with E-state index in [0.29, 0.717) is 14.9 Å². The van der Waals surface area contributed by atoms with Crippen LogP contribution in [0.5, 0.6) is 0 Å². The number of hydrogen-bond acceptors (Lipinski definition) is 1. The summed E-state index contributed by atoms with van der Waals surface area (Å²) < 4.78 is 58.3. The molecule has 0 radical (unpaired) electrons. The molecule has 24 heavy (non-hydrogen) atoms. The van der Waals surface area contributed by atoms with Crippen molar-refractivity contribution >= 4 is 22.6 Å². The fourth-order valence-corrected chi connectivity index (χ4v) is 2.94. The zero-order valence-corrected chi connectivity index (χ0v) is 14.6. The maximum atomic E-state index is 14.5. The van der Waals surface area contributed by atoms with E-state index in [-0.39, 0.29) is 11.3 Å². The van der Waals surface area contributed by atoms with Crippen molar-refractivity contribution in [3.8, 4) is 22.6 Å². The summed E-state index contributed by atoms with van der Waals surface area (Å²) in [7, 11) is 0. The molecule has 0 bridgehead atoms. The standard InChI is InChI=1S/C18H11F4IO/c1-10-2-4-12(5-3-10)17-15(23)14(19)16(24-17)11-6-8-13(9-7-11)18(20,21)22/h2-9H,1H3. The lowest BCUT2D eigenvalue weighted by atomic mass is 10.1. The fourth-order valence-electron chi connectivity index (χ4n) is 2.28. The molecule has 0 aliphatic carbocycles. The van der Waals surface area contributed by atoms with Crippen LogP contribution in [0.25, 0.3) is 22.6 Å². The molecule has 3 rings (SSSR count). The minimum absolute atomic E-state index is 0.0660. The first-order valence-corrected chi connectivity index (χ1v) is 8.07. The van der Waals surface area contributed by atoms with Crippen LogP contribution in [0.3, 0.4) is 0 Å². The van der Waals surface area contributed by atoms with Gasteiger partial charge in [0.2, 0.25) is 0 Å². The fraction of sp³-hybridized carbons (Fsp3) is 0.111. The van der Waals surface area contributed by atoms with Gasteiger partial charge in [-0.25, -0.2) is 4.39 Å². The van der Waals surface area contributed by atoms with Crippen LogP contribution in [-0.4, -0.2) is 0 Å². The van der Waals surface area contributed by atoms with Gasteiger partial charge in [-0.1, -0.05) is 42.0 Å². The Morgan fingerprint density at radius 2 is 1.33 bits per heavy atom. The minimum atomic E-state index is -4.43. The monoisotopic (exact) mass is 446 g/mol. The normalized spacial score (nSPS) is 11.8. The smallest absolute Gasteiger partial charge is 0.416 e. The van der Waals surface area contributed by atoms with Crippen molar-refractivity contribution in [2.45, 2.75) is 13.1 Å². The van der Waals surface area contributed by atoms with Gasteiger partial charge >= 0.3 is 6.18 Å². The van der Waals surface area contributed by atoms with Crippen LogP contribution in [0.15, 0.2) is 52.9 Å². The SMILES string of the molecule is Cc1ccc(-c2oc(-c3ccc(C(F)(F)F)cc3)c(F)c2I)cc1. The summed E-state index contributed by atoms with van der Waals surface area (Å²) in [6.45, 7) is 1.94. The first-order valence-electron chi connectivity index (χ1n) is 7.00. The van der Waals surface area contributed by atoms with Gasteiger partial charge < -0.3 is 4.42 Å². The highest BCUT2D eigenvalue weighted by Crippen LogP contribution is 2.38. The van der Waals surface area contributed by atoms with Gasteiger partial charge in [-0.3, -0.25) is 0 Å². The summed E-state index contributed by atoms with van der Waals surface area (Å²) in [5.41, 5.74) is 1.24. The highest BCUT2D eigenvalue weighted by atomic mass is 127. The number of aryl methyl sites for hydroxylation is 1. The van der Waals surface area contributed by atoms with Crippen LogP contribution in [0, 0.1) is 16.3 Å². The molecule has 0 aliphatic rings. The summed E-state index contributed by atoms with van der Waals surface area (Å²) in [4.78, 5) is 0. The molecule has 0 saturated heterocycles. The Balaban J connectivity index is 2.03. The second-order valence-corrected chi connectivity index (χ2v) is 6.41. The molecule has 0 N–H and O–H groups in total. The van der Waals surface area contributed by atoms with Crippen molar-refractivity contribution in [1.82, 2.24) is 0 Å². The Hall–Kier alpha value is -1.83. The molecular formula is C18H11F4IO. The Bertz CT molecular complexity index is 862. The van der Waals surface area contributed by atoms with Crippen LogP contribution in [0.1, 0.15) is 11.1 Å². The van der Waals surface area contributed by atoms with E-state index in [1.807, 2.05) is 53.8 Å². The predicted molar refractivity (Wildman–Crippen MR) is 92.0 cm³/mol. The van der Waals surface area contributed by atoms with Crippen LogP contribution >= 0.6 is 22.6 Å². The predicted octanol–water partition coefficient (Wildman–Crippen LogP) is 6.68. The molecule has 0 amide bonds. The van der Waals surface area contributed by atoms with Gasteiger partial charge in [0.1, 0.15) is 0 Å². The van der Waals surface area contributed by atoms with Gasteiger partial charge in [-0.05, 0) is 41.6 Å². The third kappa shape index (κ3) is 3.19. The van der Waals surface area contributed by atoms with E-state index in [0.717, 1.165) is 17.7 Å². The van der Waals surface area contributed by atoms with Crippen molar-refractivity contribution in [3.63, 3.8) is 0 Å². The molecule has 0 spiro atoms.